The van der Waals surface area contributed by atoms with Gasteiger partial charge in [0.25, 0.3) is 0 Å². The lowest BCUT2D eigenvalue weighted by Gasteiger charge is -2.77. The summed E-state index contributed by atoms with van der Waals surface area (Å²) in [5.74, 6) is 3.73. The van der Waals surface area contributed by atoms with Crippen LogP contribution in [0.5, 0.6) is 0 Å². The molecule has 5 aliphatic rings. The summed E-state index contributed by atoms with van der Waals surface area (Å²) >= 11 is 16.0. The van der Waals surface area contributed by atoms with Crippen molar-refractivity contribution in [3.8, 4) is 0 Å². The summed E-state index contributed by atoms with van der Waals surface area (Å²) in [5, 5.41) is 0. The lowest BCUT2D eigenvalue weighted by Crippen LogP contribution is -2.74. The van der Waals surface area contributed by atoms with Crippen molar-refractivity contribution in [1.29, 1.82) is 0 Å². The highest BCUT2D eigenvalue weighted by molar-refractivity contribution is 6.50. The first-order valence-electron chi connectivity index (χ1n) is 21.8. The van der Waals surface area contributed by atoms with E-state index in [1.165, 1.54) is 218 Å². The minimum Gasteiger partial charge on any atom is -0.100 e. The molecule has 0 nitrogen and oxygen atoms in total. The van der Waals surface area contributed by atoms with Gasteiger partial charge in [-0.2, -0.15) is 0 Å². The van der Waals surface area contributed by atoms with Crippen molar-refractivity contribution in [2.45, 2.75) is 236 Å². The van der Waals surface area contributed by atoms with Crippen LogP contribution >= 0.6 is 23.2 Å². The zero-order valence-corrected chi connectivity index (χ0v) is 32.6. The van der Waals surface area contributed by atoms with Crippen LogP contribution in [0.3, 0.4) is 0 Å². The van der Waals surface area contributed by atoms with Gasteiger partial charge in [0.15, 0.2) is 0 Å². The molecule has 5 aliphatic carbocycles. The van der Waals surface area contributed by atoms with Gasteiger partial charge in [-0.15, -0.1) is 23.2 Å². The van der Waals surface area contributed by atoms with Gasteiger partial charge in [0.05, 0.1) is 0 Å². The number of rotatable bonds is 18. The van der Waals surface area contributed by atoms with E-state index in [0.29, 0.717) is 5.41 Å². The van der Waals surface area contributed by atoms with Crippen LogP contribution in [0.15, 0.2) is 0 Å². The van der Waals surface area contributed by atoms with Gasteiger partial charge in [0.1, 0.15) is 4.33 Å². The predicted molar refractivity (Wildman–Crippen MR) is 204 cm³/mol. The van der Waals surface area contributed by atoms with Crippen molar-refractivity contribution in [1.82, 2.24) is 0 Å². The van der Waals surface area contributed by atoms with Crippen LogP contribution in [-0.2, 0) is 0 Å². The molecule has 268 valence electrons. The van der Waals surface area contributed by atoms with Gasteiger partial charge in [-0.3, -0.25) is 0 Å². The first-order chi connectivity index (χ1) is 22.4. The maximum absolute atomic E-state index is 7.98. The van der Waals surface area contributed by atoms with Gasteiger partial charge >= 0.3 is 0 Å². The Kier molecular flexibility index (Phi) is 15.0. The number of hydrogen-bond acceptors (Lipinski definition) is 0. The van der Waals surface area contributed by atoms with Crippen LogP contribution in [0.25, 0.3) is 0 Å². The Morgan fingerprint density at radius 3 is 1.33 bits per heavy atom. The van der Waals surface area contributed by atoms with E-state index >= 15 is 0 Å². The molecule has 5 rings (SSSR count). The molecule has 46 heavy (non-hydrogen) atoms. The van der Waals surface area contributed by atoms with Gasteiger partial charge in [-0.1, -0.05) is 174 Å². The van der Waals surface area contributed by atoms with Crippen molar-refractivity contribution < 1.29 is 0 Å². The van der Waals surface area contributed by atoms with Crippen LogP contribution < -0.4 is 0 Å². The first-order valence-corrected chi connectivity index (χ1v) is 22.6. The van der Waals surface area contributed by atoms with Gasteiger partial charge in [-0.05, 0) is 86.9 Å². The quantitative estimate of drug-likeness (QED) is 0.100. The van der Waals surface area contributed by atoms with E-state index in [0.717, 1.165) is 23.7 Å². The molecule has 0 aromatic rings. The standard InChI is InChI=1S/C44H78Cl2/c1-3-5-7-9-11-13-16-22-37-24-28-39(29-25-37)43(40-30-26-38(27-31-40)23-17-14-12-10-8-6-4-2)35-21-20-34-42(43)36-41(44(42,45)46)32-18-15-19-33-41/h37-40H,3-36H2,1-2H3/t37?,38?,39?,40?,42-,43?/m0/s1. The van der Waals surface area contributed by atoms with E-state index in [1.54, 1.807) is 0 Å². The summed E-state index contributed by atoms with van der Waals surface area (Å²) in [6.45, 7) is 4.66. The molecule has 0 amide bonds. The number of halogens is 2. The number of alkyl halides is 2. The molecule has 0 saturated heterocycles. The Labute approximate surface area is 298 Å². The summed E-state index contributed by atoms with van der Waals surface area (Å²) < 4.78 is -0.496. The molecular formula is C44H78Cl2. The van der Waals surface area contributed by atoms with Gasteiger partial charge in [0.2, 0.25) is 0 Å². The molecule has 2 heteroatoms. The summed E-state index contributed by atoms with van der Waals surface area (Å²) in [5.41, 5.74) is 0.816. The van der Waals surface area contributed by atoms with E-state index < -0.39 is 4.33 Å². The van der Waals surface area contributed by atoms with E-state index in [-0.39, 0.29) is 10.8 Å². The molecule has 0 aliphatic heterocycles. The minimum atomic E-state index is -0.496. The molecule has 0 aromatic carbocycles. The van der Waals surface area contributed by atoms with Gasteiger partial charge < -0.3 is 0 Å². The highest BCUT2D eigenvalue weighted by Crippen LogP contribution is 2.84. The predicted octanol–water partition coefficient (Wildman–Crippen LogP) is 16.0. The van der Waals surface area contributed by atoms with Crippen LogP contribution in [0.1, 0.15) is 232 Å². The fourth-order valence-corrected chi connectivity index (χ4v) is 14.4. The zero-order valence-electron chi connectivity index (χ0n) is 31.1. The maximum atomic E-state index is 7.98. The normalized spacial score (nSPS) is 35.7. The zero-order chi connectivity index (χ0) is 32.4. The third-order valence-corrected chi connectivity index (χ3v) is 17.2. The molecule has 0 aromatic heterocycles. The summed E-state index contributed by atoms with van der Waals surface area (Å²) in [7, 11) is 0. The molecular weight excluding hydrogens is 599 g/mol. The lowest BCUT2D eigenvalue weighted by molar-refractivity contribution is -0.236. The van der Waals surface area contributed by atoms with Crippen LogP contribution in [0.2, 0.25) is 0 Å². The van der Waals surface area contributed by atoms with E-state index in [9.17, 15) is 0 Å². The van der Waals surface area contributed by atoms with Crippen LogP contribution in [0.4, 0.5) is 0 Å². The Hall–Kier alpha value is 0.580. The second-order valence-electron chi connectivity index (χ2n) is 18.2. The van der Waals surface area contributed by atoms with Crippen molar-refractivity contribution in [3.63, 3.8) is 0 Å². The first kappa shape index (κ1) is 37.8. The SMILES string of the molecule is CCCCCCCCCC1CCC(C2(C3CCC(CCCCCCCCC)CC3)CCCC[C@]23CC2(CCCCC2)C3(Cl)Cl)CC1. The Bertz CT molecular complexity index is 802. The smallest absolute Gasteiger partial charge is 0.100 e. The molecule has 0 N–H and O–H groups in total. The Morgan fingerprint density at radius 1 is 0.457 bits per heavy atom. The third-order valence-electron chi connectivity index (χ3n) is 15.6. The second kappa shape index (κ2) is 18.2. The molecule has 0 unspecified atom stereocenters. The van der Waals surface area contributed by atoms with Crippen molar-refractivity contribution in [2.75, 3.05) is 0 Å². The van der Waals surface area contributed by atoms with Crippen molar-refractivity contribution in [3.05, 3.63) is 0 Å². The number of unbranched alkanes of at least 4 members (excludes halogenated alkanes) is 12. The molecule has 5 fully saturated rings. The van der Waals surface area contributed by atoms with E-state index in [4.69, 9.17) is 23.2 Å². The highest BCUT2D eigenvalue weighted by Gasteiger charge is 2.79. The Morgan fingerprint density at radius 2 is 0.870 bits per heavy atom. The van der Waals surface area contributed by atoms with Crippen molar-refractivity contribution in [2.24, 2.45) is 39.9 Å². The Balaban J connectivity index is 1.23. The fourth-order valence-electron chi connectivity index (χ4n) is 13.2. The maximum Gasteiger partial charge on any atom is 0.130 e. The van der Waals surface area contributed by atoms with E-state index in [1.807, 2.05) is 0 Å². The number of hydrogen-bond donors (Lipinski definition) is 0. The molecule has 2 spiro atoms. The molecule has 5 saturated carbocycles. The van der Waals surface area contributed by atoms with Crippen LogP contribution in [0, 0.1) is 39.9 Å². The molecule has 0 radical (unpaired) electrons. The molecule has 0 bridgehead atoms. The topological polar surface area (TPSA) is 0 Å². The van der Waals surface area contributed by atoms with E-state index in [2.05, 4.69) is 13.8 Å². The van der Waals surface area contributed by atoms with Gasteiger partial charge in [-0.25, -0.2) is 0 Å². The summed E-state index contributed by atoms with van der Waals surface area (Å²) in [6.07, 6.45) is 48.9. The molecule has 1 atom stereocenters. The monoisotopic (exact) mass is 677 g/mol. The average Bonchev–Trinajstić information content (AvgIpc) is 3.09. The minimum absolute atomic E-state index is 0.185. The summed E-state index contributed by atoms with van der Waals surface area (Å²) in [6, 6.07) is 0. The highest BCUT2D eigenvalue weighted by atomic mass is 35.5. The summed E-state index contributed by atoms with van der Waals surface area (Å²) in [4.78, 5) is 0. The third kappa shape index (κ3) is 8.05. The van der Waals surface area contributed by atoms with Crippen LogP contribution in [-0.4, -0.2) is 4.33 Å². The fraction of sp³-hybridized carbons (Fsp3) is 1.00. The van der Waals surface area contributed by atoms with Gasteiger partial charge in [0, 0.05) is 10.8 Å². The lowest BCUT2D eigenvalue weighted by atomic mass is 9.32. The van der Waals surface area contributed by atoms with Crippen molar-refractivity contribution >= 4 is 23.2 Å². The second-order valence-corrected chi connectivity index (χ2v) is 19.5. The average molecular weight is 678 g/mol. The largest absolute Gasteiger partial charge is 0.130 e. The molecule has 0 heterocycles.